The molecule has 4 heteroatoms. The van der Waals surface area contributed by atoms with Gasteiger partial charge in [0.1, 0.15) is 5.76 Å². The van der Waals surface area contributed by atoms with Gasteiger partial charge in [0.15, 0.2) is 0 Å². The fraction of sp³-hybridized carbons (Fsp3) is 0.222. The molecular formula is C27H30N2OS. The lowest BCUT2D eigenvalue weighted by Crippen LogP contribution is -2.15. The summed E-state index contributed by atoms with van der Waals surface area (Å²) in [5, 5.41) is 10.9. The van der Waals surface area contributed by atoms with Crippen molar-refractivity contribution in [2.75, 3.05) is 20.1 Å². The van der Waals surface area contributed by atoms with E-state index in [0.717, 1.165) is 30.6 Å². The molecule has 0 amide bonds. The van der Waals surface area contributed by atoms with Gasteiger partial charge >= 0.3 is 0 Å². The quantitative estimate of drug-likeness (QED) is 0.159. The van der Waals surface area contributed by atoms with Crippen LogP contribution in [-0.4, -0.2) is 35.7 Å². The van der Waals surface area contributed by atoms with Crippen LogP contribution in [0.25, 0.3) is 5.76 Å². The minimum Gasteiger partial charge on any atom is -0.507 e. The molecule has 0 spiro atoms. The molecule has 1 aliphatic rings. The van der Waals surface area contributed by atoms with Gasteiger partial charge < -0.3 is 10.0 Å². The average Bonchev–Trinajstić information content (AvgIpc) is 2.81. The Morgan fingerprint density at radius 1 is 1.13 bits per heavy atom. The highest BCUT2D eigenvalue weighted by Gasteiger charge is 2.15. The Kier molecular flexibility index (Phi) is 8.80. The van der Waals surface area contributed by atoms with Gasteiger partial charge in [0, 0.05) is 35.5 Å². The highest BCUT2D eigenvalue weighted by Crippen LogP contribution is 2.28. The van der Waals surface area contributed by atoms with Crippen molar-refractivity contribution in [3.63, 3.8) is 0 Å². The zero-order valence-electron chi connectivity index (χ0n) is 18.2. The number of hydrogen-bond acceptors (Lipinski definition) is 4. The molecule has 3 rings (SSSR count). The number of aliphatic hydroxyl groups excluding tert-OH is 1. The van der Waals surface area contributed by atoms with Crippen molar-refractivity contribution in [2.45, 2.75) is 18.2 Å². The van der Waals surface area contributed by atoms with Gasteiger partial charge in [0.25, 0.3) is 0 Å². The number of aryl methyl sites for hydroxylation is 1. The summed E-state index contributed by atoms with van der Waals surface area (Å²) in [6.07, 6.45) is 13.3. The molecular weight excluding hydrogens is 400 g/mol. The van der Waals surface area contributed by atoms with E-state index in [0.29, 0.717) is 5.76 Å². The molecule has 160 valence electrons. The van der Waals surface area contributed by atoms with E-state index >= 15 is 0 Å². The van der Waals surface area contributed by atoms with Gasteiger partial charge in [0.2, 0.25) is 0 Å². The first-order chi connectivity index (χ1) is 15.1. The predicted octanol–water partition coefficient (Wildman–Crippen LogP) is 6.66. The van der Waals surface area contributed by atoms with Crippen LogP contribution in [0.15, 0.2) is 107 Å². The van der Waals surface area contributed by atoms with Crippen LogP contribution in [0.2, 0.25) is 0 Å². The molecule has 0 heterocycles. The zero-order valence-corrected chi connectivity index (χ0v) is 19.0. The highest BCUT2D eigenvalue weighted by molar-refractivity contribution is 8.12. The molecule has 1 aliphatic carbocycles. The van der Waals surface area contributed by atoms with Crippen molar-refractivity contribution in [1.82, 2.24) is 4.90 Å². The van der Waals surface area contributed by atoms with Crippen LogP contribution in [-0.2, 0) is 0 Å². The maximum Gasteiger partial charge on any atom is 0.126 e. The molecule has 1 unspecified atom stereocenters. The molecule has 3 nitrogen and oxygen atoms in total. The van der Waals surface area contributed by atoms with Crippen molar-refractivity contribution in [3.05, 3.63) is 108 Å². The fourth-order valence-corrected chi connectivity index (χ4v) is 3.99. The summed E-state index contributed by atoms with van der Waals surface area (Å²) >= 11 is 1.65. The van der Waals surface area contributed by atoms with Gasteiger partial charge in [0.05, 0.1) is 12.1 Å². The largest absolute Gasteiger partial charge is 0.507 e. The van der Waals surface area contributed by atoms with Crippen molar-refractivity contribution < 1.29 is 5.11 Å². The van der Waals surface area contributed by atoms with E-state index in [9.17, 15) is 5.11 Å². The van der Waals surface area contributed by atoms with E-state index in [-0.39, 0.29) is 5.92 Å². The normalized spacial score (nSPS) is 16.8. The van der Waals surface area contributed by atoms with Crippen molar-refractivity contribution >= 4 is 23.1 Å². The predicted molar refractivity (Wildman–Crippen MR) is 135 cm³/mol. The van der Waals surface area contributed by atoms with E-state index in [1.54, 1.807) is 11.8 Å². The van der Waals surface area contributed by atoms with Gasteiger partial charge in [-0.2, -0.15) is 0 Å². The van der Waals surface area contributed by atoms with E-state index in [1.165, 1.54) is 10.5 Å². The summed E-state index contributed by atoms with van der Waals surface area (Å²) in [5.74, 6) is 0.501. The number of rotatable bonds is 9. The third-order valence-corrected chi connectivity index (χ3v) is 6.11. The monoisotopic (exact) mass is 430 g/mol. The second-order valence-corrected chi connectivity index (χ2v) is 8.40. The van der Waals surface area contributed by atoms with E-state index < -0.39 is 0 Å². The van der Waals surface area contributed by atoms with Crippen LogP contribution in [0.1, 0.15) is 17.5 Å². The van der Waals surface area contributed by atoms with Gasteiger partial charge in [-0.1, -0.05) is 84.6 Å². The smallest absolute Gasteiger partial charge is 0.126 e. The molecule has 0 aliphatic heterocycles. The highest BCUT2D eigenvalue weighted by atomic mass is 32.2. The average molecular weight is 431 g/mol. The molecule has 0 saturated heterocycles. The number of hydrogen-bond donors (Lipinski definition) is 1. The van der Waals surface area contributed by atoms with Crippen molar-refractivity contribution in [3.8, 4) is 0 Å². The second kappa shape index (κ2) is 12.0. The van der Waals surface area contributed by atoms with Crippen LogP contribution in [0.4, 0.5) is 0 Å². The molecule has 0 saturated carbocycles. The Labute approximate surface area is 190 Å². The number of aliphatic imine (C=N–C) groups is 1. The zero-order chi connectivity index (χ0) is 21.9. The number of thioether (sulfide) groups is 1. The number of allylic oxidation sites excluding steroid dienone is 6. The van der Waals surface area contributed by atoms with Crippen molar-refractivity contribution in [1.29, 1.82) is 0 Å². The van der Waals surface area contributed by atoms with Gasteiger partial charge in [-0.15, -0.1) is 0 Å². The molecule has 1 atom stereocenters. The van der Waals surface area contributed by atoms with Crippen LogP contribution < -0.4 is 0 Å². The number of aliphatic hydroxyl groups is 1. The third kappa shape index (κ3) is 7.04. The maximum atomic E-state index is 10.9. The second-order valence-electron chi connectivity index (χ2n) is 7.52. The molecule has 2 aromatic carbocycles. The van der Waals surface area contributed by atoms with Crippen molar-refractivity contribution in [2.24, 2.45) is 10.9 Å². The first-order valence-electron chi connectivity index (χ1n) is 10.6. The topological polar surface area (TPSA) is 35.8 Å². The molecule has 1 N–H and O–H groups in total. The van der Waals surface area contributed by atoms with E-state index in [4.69, 9.17) is 0 Å². The summed E-state index contributed by atoms with van der Waals surface area (Å²) in [6, 6.07) is 18.1. The van der Waals surface area contributed by atoms with Crippen LogP contribution in [0.5, 0.6) is 0 Å². The van der Waals surface area contributed by atoms with Crippen LogP contribution in [0, 0.1) is 12.8 Å². The molecule has 0 fully saturated rings. The number of benzene rings is 2. The summed E-state index contributed by atoms with van der Waals surface area (Å²) in [7, 11) is 2.04. The SMILES string of the molecule is Cc1ccccc1SC=NCCN(C)/C=C/C(=C(\O)c1ccccc1)C1C=CC=CC1. The fourth-order valence-electron chi connectivity index (χ4n) is 3.29. The number of likely N-dealkylation sites (N-methyl/N-ethyl adjacent to an activating group) is 1. The first kappa shape index (κ1) is 22.7. The minimum absolute atomic E-state index is 0.165. The summed E-state index contributed by atoms with van der Waals surface area (Å²) in [6.45, 7) is 3.64. The number of nitrogens with zero attached hydrogens (tertiary/aromatic N) is 2. The molecule has 0 radical (unpaired) electrons. The van der Waals surface area contributed by atoms with E-state index in [2.05, 4.69) is 59.3 Å². The first-order valence-corrected chi connectivity index (χ1v) is 11.4. The lowest BCUT2D eigenvalue weighted by molar-refractivity contribution is 0.466. The molecule has 31 heavy (non-hydrogen) atoms. The van der Waals surface area contributed by atoms with Crippen LogP contribution >= 0.6 is 11.8 Å². The lowest BCUT2D eigenvalue weighted by atomic mass is 9.89. The van der Waals surface area contributed by atoms with Crippen LogP contribution in [0.3, 0.4) is 0 Å². The Bertz CT molecular complexity index is 989. The molecule has 0 bridgehead atoms. The Morgan fingerprint density at radius 2 is 1.90 bits per heavy atom. The minimum atomic E-state index is 0.165. The Balaban J connectivity index is 1.61. The summed E-state index contributed by atoms with van der Waals surface area (Å²) in [4.78, 5) is 7.87. The maximum absolute atomic E-state index is 10.9. The standard InChI is InChI=1S/C27H30N2OS/c1-22-11-9-10-16-26(22)31-21-28-18-20-29(2)19-17-25(23-12-5-3-6-13-23)27(30)24-14-7-4-8-15-24/h3-12,14-17,19,21,23,30H,13,18,20H2,1-2H3/b19-17+,27-25+,28-21?. The van der Waals surface area contributed by atoms with Gasteiger partial charge in [-0.05, 0) is 37.3 Å². The lowest BCUT2D eigenvalue weighted by Gasteiger charge is -2.19. The van der Waals surface area contributed by atoms with Gasteiger partial charge in [-0.3, -0.25) is 4.99 Å². The van der Waals surface area contributed by atoms with E-state index in [1.807, 2.05) is 61.3 Å². The summed E-state index contributed by atoms with van der Waals surface area (Å²) in [5.41, 5.74) is 4.96. The molecule has 0 aromatic heterocycles. The van der Waals surface area contributed by atoms with Gasteiger partial charge in [-0.25, -0.2) is 0 Å². The molecule has 2 aromatic rings. The third-order valence-electron chi connectivity index (χ3n) is 5.14. The Hall–Kier alpha value is -2.98. The Morgan fingerprint density at radius 3 is 2.65 bits per heavy atom. The summed E-state index contributed by atoms with van der Waals surface area (Å²) < 4.78 is 0.